The van der Waals surface area contributed by atoms with Gasteiger partial charge in [0.2, 0.25) is 5.91 Å². The minimum absolute atomic E-state index is 0.0624. The fourth-order valence-corrected chi connectivity index (χ4v) is 3.15. The van der Waals surface area contributed by atoms with Crippen LogP contribution in [-0.2, 0) is 17.4 Å². The second-order valence-electron chi connectivity index (χ2n) is 6.28. The van der Waals surface area contributed by atoms with Gasteiger partial charge in [-0.15, -0.1) is 0 Å². The van der Waals surface area contributed by atoms with E-state index in [-0.39, 0.29) is 18.0 Å². The number of alkyl halides is 3. The van der Waals surface area contributed by atoms with Crippen molar-refractivity contribution in [1.82, 2.24) is 0 Å². The van der Waals surface area contributed by atoms with Crippen molar-refractivity contribution in [2.24, 2.45) is 0 Å². The Morgan fingerprint density at radius 1 is 1.08 bits per heavy atom. The van der Waals surface area contributed by atoms with Crippen LogP contribution < -0.4 is 10.2 Å². The van der Waals surface area contributed by atoms with Gasteiger partial charge in [-0.1, -0.05) is 23.7 Å². The van der Waals surface area contributed by atoms with Gasteiger partial charge in [0.05, 0.1) is 23.4 Å². The summed E-state index contributed by atoms with van der Waals surface area (Å²) in [6.07, 6.45) is -2.43. The Morgan fingerprint density at radius 2 is 1.73 bits per heavy atom. The van der Waals surface area contributed by atoms with Crippen LogP contribution in [0.5, 0.6) is 0 Å². The number of nitrogens with zero attached hydrogens (tertiary/aromatic N) is 1. The monoisotopic (exact) mass is 382 g/mol. The molecular formula is C19H18ClF3N2O. The van der Waals surface area contributed by atoms with E-state index in [0.29, 0.717) is 10.7 Å². The number of carbonyl (C=O) groups is 1. The molecule has 3 nitrogen and oxygen atoms in total. The van der Waals surface area contributed by atoms with Crippen LogP contribution in [0.1, 0.15) is 24.0 Å². The number of hydrogen-bond donors (Lipinski definition) is 1. The molecule has 1 aliphatic heterocycles. The highest BCUT2D eigenvalue weighted by Crippen LogP contribution is 2.36. The molecule has 0 aromatic heterocycles. The molecule has 1 N–H and O–H groups in total. The Morgan fingerprint density at radius 3 is 2.35 bits per heavy atom. The molecule has 1 aliphatic rings. The molecule has 3 rings (SSSR count). The fraction of sp³-hybridized carbons (Fsp3) is 0.316. The summed E-state index contributed by atoms with van der Waals surface area (Å²) >= 11 is 5.82. The van der Waals surface area contributed by atoms with Crippen LogP contribution in [0.2, 0.25) is 5.02 Å². The van der Waals surface area contributed by atoms with Crippen molar-refractivity contribution >= 4 is 28.9 Å². The maximum absolute atomic E-state index is 13.1. The average molecular weight is 383 g/mol. The van der Waals surface area contributed by atoms with Gasteiger partial charge in [0.1, 0.15) is 0 Å². The molecule has 0 bridgehead atoms. The van der Waals surface area contributed by atoms with Crippen LogP contribution in [0.4, 0.5) is 24.5 Å². The lowest BCUT2D eigenvalue weighted by atomic mass is 10.1. The highest BCUT2D eigenvalue weighted by Gasteiger charge is 2.32. The van der Waals surface area contributed by atoms with E-state index in [1.165, 1.54) is 6.07 Å². The molecule has 0 unspecified atom stereocenters. The summed E-state index contributed by atoms with van der Waals surface area (Å²) in [7, 11) is 0. The van der Waals surface area contributed by atoms with Crippen molar-refractivity contribution in [1.29, 1.82) is 0 Å². The molecule has 0 saturated carbocycles. The maximum Gasteiger partial charge on any atom is 0.416 e. The zero-order chi connectivity index (χ0) is 18.7. The van der Waals surface area contributed by atoms with E-state index in [2.05, 4.69) is 5.32 Å². The SMILES string of the molecule is O=C(Cc1ccc(Cl)cc1)Nc1cc(C(F)(F)F)ccc1N1CCCC1. The Balaban J connectivity index is 1.83. The van der Waals surface area contributed by atoms with Crippen molar-refractivity contribution in [2.75, 3.05) is 23.3 Å². The largest absolute Gasteiger partial charge is 0.416 e. The molecule has 0 radical (unpaired) electrons. The standard InChI is InChI=1S/C19H18ClF3N2O/c20-15-6-3-13(4-7-15)11-18(26)24-16-12-14(19(21,22)23)5-8-17(16)25-9-1-2-10-25/h3-8,12H,1-2,9-11H2,(H,24,26). The van der Waals surface area contributed by atoms with Gasteiger partial charge in [0.15, 0.2) is 0 Å². The van der Waals surface area contributed by atoms with Gasteiger partial charge in [0, 0.05) is 18.1 Å². The first-order chi connectivity index (χ1) is 12.3. The Labute approximate surface area is 154 Å². The van der Waals surface area contributed by atoms with E-state index >= 15 is 0 Å². The van der Waals surface area contributed by atoms with Crippen LogP contribution in [-0.4, -0.2) is 19.0 Å². The van der Waals surface area contributed by atoms with Crippen molar-refractivity contribution in [2.45, 2.75) is 25.4 Å². The lowest BCUT2D eigenvalue weighted by molar-refractivity contribution is -0.137. The number of amides is 1. The van der Waals surface area contributed by atoms with Crippen molar-refractivity contribution in [3.8, 4) is 0 Å². The van der Waals surface area contributed by atoms with Crippen molar-refractivity contribution in [3.63, 3.8) is 0 Å². The summed E-state index contributed by atoms with van der Waals surface area (Å²) in [4.78, 5) is 14.3. The Hall–Kier alpha value is -2.21. The second-order valence-corrected chi connectivity index (χ2v) is 6.71. The summed E-state index contributed by atoms with van der Waals surface area (Å²) in [5.41, 5.74) is 0.782. The van der Waals surface area contributed by atoms with Gasteiger partial charge >= 0.3 is 6.18 Å². The molecule has 7 heteroatoms. The molecule has 0 spiro atoms. The topological polar surface area (TPSA) is 32.3 Å². The molecule has 138 valence electrons. The third kappa shape index (κ3) is 4.49. The van der Waals surface area contributed by atoms with E-state index in [1.54, 1.807) is 24.3 Å². The summed E-state index contributed by atoms with van der Waals surface area (Å²) in [5.74, 6) is -0.368. The molecule has 0 atom stereocenters. The molecule has 0 aliphatic carbocycles. The molecule has 2 aromatic rings. The van der Waals surface area contributed by atoms with E-state index in [0.717, 1.165) is 43.6 Å². The predicted molar refractivity (Wildman–Crippen MR) is 96.7 cm³/mol. The first-order valence-corrected chi connectivity index (χ1v) is 8.71. The molecule has 1 fully saturated rings. The average Bonchev–Trinajstić information content (AvgIpc) is 3.10. The quantitative estimate of drug-likeness (QED) is 0.794. The number of hydrogen-bond acceptors (Lipinski definition) is 2. The molecule has 1 amide bonds. The minimum Gasteiger partial charge on any atom is -0.370 e. The normalized spacial score (nSPS) is 14.5. The number of carbonyl (C=O) groups excluding carboxylic acids is 1. The van der Waals surface area contributed by atoms with E-state index in [1.807, 2.05) is 4.90 Å². The van der Waals surface area contributed by atoms with E-state index in [4.69, 9.17) is 11.6 Å². The maximum atomic E-state index is 13.1. The highest BCUT2D eigenvalue weighted by molar-refractivity contribution is 6.30. The molecule has 1 heterocycles. The van der Waals surface area contributed by atoms with Gasteiger partial charge in [-0.2, -0.15) is 13.2 Å². The fourth-order valence-electron chi connectivity index (χ4n) is 3.03. The summed E-state index contributed by atoms with van der Waals surface area (Å²) in [5, 5.41) is 3.21. The first-order valence-electron chi connectivity index (χ1n) is 8.33. The van der Waals surface area contributed by atoms with Gasteiger partial charge in [-0.05, 0) is 48.7 Å². The molecular weight excluding hydrogens is 365 g/mol. The van der Waals surface area contributed by atoms with Crippen molar-refractivity contribution < 1.29 is 18.0 Å². The lowest BCUT2D eigenvalue weighted by Crippen LogP contribution is -2.22. The summed E-state index contributed by atoms with van der Waals surface area (Å²) in [6.45, 7) is 1.54. The Bertz CT molecular complexity index is 784. The lowest BCUT2D eigenvalue weighted by Gasteiger charge is -2.23. The second kappa shape index (κ2) is 7.58. The van der Waals surface area contributed by atoms with E-state index in [9.17, 15) is 18.0 Å². The smallest absolute Gasteiger partial charge is 0.370 e. The number of halogens is 4. The van der Waals surface area contributed by atoms with Crippen LogP contribution in [0.3, 0.4) is 0 Å². The summed E-state index contributed by atoms with van der Waals surface area (Å²) in [6, 6.07) is 10.3. The van der Waals surface area contributed by atoms with Gasteiger partial charge < -0.3 is 10.2 Å². The Kier molecular flexibility index (Phi) is 5.41. The third-order valence-electron chi connectivity index (χ3n) is 4.32. The predicted octanol–water partition coefficient (Wildman–Crippen LogP) is 5.14. The van der Waals surface area contributed by atoms with Gasteiger partial charge in [-0.3, -0.25) is 4.79 Å². The molecule has 1 saturated heterocycles. The first kappa shape index (κ1) is 18.6. The highest BCUT2D eigenvalue weighted by atomic mass is 35.5. The minimum atomic E-state index is -4.46. The van der Waals surface area contributed by atoms with Crippen molar-refractivity contribution in [3.05, 3.63) is 58.6 Å². The van der Waals surface area contributed by atoms with Crippen LogP contribution in [0.25, 0.3) is 0 Å². The van der Waals surface area contributed by atoms with Crippen LogP contribution in [0, 0.1) is 0 Å². The van der Waals surface area contributed by atoms with Crippen LogP contribution in [0.15, 0.2) is 42.5 Å². The molecule has 26 heavy (non-hydrogen) atoms. The number of nitrogens with one attached hydrogen (secondary N) is 1. The van der Waals surface area contributed by atoms with Gasteiger partial charge in [0.25, 0.3) is 0 Å². The summed E-state index contributed by atoms with van der Waals surface area (Å²) < 4.78 is 39.2. The zero-order valence-electron chi connectivity index (χ0n) is 13.9. The third-order valence-corrected chi connectivity index (χ3v) is 4.57. The number of anilines is 2. The number of rotatable bonds is 4. The zero-order valence-corrected chi connectivity index (χ0v) is 14.7. The van der Waals surface area contributed by atoms with E-state index < -0.39 is 11.7 Å². The molecule has 2 aromatic carbocycles. The van der Waals surface area contributed by atoms with Crippen LogP contribution >= 0.6 is 11.6 Å². The van der Waals surface area contributed by atoms with Gasteiger partial charge in [-0.25, -0.2) is 0 Å². The number of benzene rings is 2.